The number of nitrogens with one attached hydrogen (secondary N) is 1. The van der Waals surface area contributed by atoms with E-state index in [0.29, 0.717) is 18.0 Å². The summed E-state index contributed by atoms with van der Waals surface area (Å²) in [4.78, 5) is 15.7. The molecule has 3 aromatic carbocycles. The highest BCUT2D eigenvalue weighted by Crippen LogP contribution is 2.38. The first-order chi connectivity index (χ1) is 16.6. The molecule has 0 unspecified atom stereocenters. The van der Waals surface area contributed by atoms with Crippen LogP contribution in [0.2, 0.25) is 0 Å². The molecule has 1 aliphatic heterocycles. The Hall–Kier alpha value is -4.19. The first kappa shape index (κ1) is 21.6. The summed E-state index contributed by atoms with van der Waals surface area (Å²) in [5.74, 6) is 1.40. The summed E-state index contributed by atoms with van der Waals surface area (Å²) in [6, 6.07) is 25.4. The van der Waals surface area contributed by atoms with E-state index in [1.54, 1.807) is 14.2 Å². The van der Waals surface area contributed by atoms with E-state index >= 15 is 0 Å². The third kappa shape index (κ3) is 3.88. The Bertz CT molecular complexity index is 1330. The molecule has 5 rings (SSSR count). The summed E-state index contributed by atoms with van der Waals surface area (Å²) in [5.41, 5.74) is 5.85. The number of hydrogen-bond acceptors (Lipinski definition) is 3. The van der Waals surface area contributed by atoms with E-state index in [9.17, 15) is 4.79 Å². The van der Waals surface area contributed by atoms with Crippen molar-refractivity contribution in [3.8, 4) is 17.2 Å². The Morgan fingerprint density at radius 2 is 1.74 bits per heavy atom. The summed E-state index contributed by atoms with van der Waals surface area (Å²) < 4.78 is 13.0. The van der Waals surface area contributed by atoms with E-state index in [0.717, 1.165) is 33.8 Å². The first-order valence-corrected chi connectivity index (χ1v) is 11.2. The van der Waals surface area contributed by atoms with Crippen LogP contribution in [0.3, 0.4) is 0 Å². The molecular formula is C28H27N3O3. The maximum absolute atomic E-state index is 13.9. The second-order valence-electron chi connectivity index (χ2n) is 8.37. The van der Waals surface area contributed by atoms with Gasteiger partial charge in [0.1, 0.15) is 11.5 Å². The molecule has 1 aromatic heterocycles. The maximum atomic E-state index is 13.9. The summed E-state index contributed by atoms with van der Waals surface area (Å²) in [5, 5.41) is 3.10. The molecule has 0 radical (unpaired) electrons. The van der Waals surface area contributed by atoms with Crippen LogP contribution in [0.1, 0.15) is 28.4 Å². The van der Waals surface area contributed by atoms with E-state index in [-0.39, 0.29) is 12.1 Å². The number of anilines is 1. The van der Waals surface area contributed by atoms with Gasteiger partial charge in [-0.3, -0.25) is 0 Å². The van der Waals surface area contributed by atoms with Crippen LogP contribution in [0.25, 0.3) is 5.69 Å². The SMILES string of the molecule is COc1ccc([C@@H]2c3cccn3-c3ccccc3CN2C(=O)Nc2cc(C)ccc2OC)cc1. The first-order valence-electron chi connectivity index (χ1n) is 11.2. The van der Waals surface area contributed by atoms with Gasteiger partial charge >= 0.3 is 6.03 Å². The third-order valence-electron chi connectivity index (χ3n) is 6.25. The number of urea groups is 1. The molecule has 4 aromatic rings. The van der Waals surface area contributed by atoms with Gasteiger partial charge in [0, 0.05) is 11.9 Å². The molecule has 0 saturated heterocycles. The van der Waals surface area contributed by atoms with Gasteiger partial charge < -0.3 is 24.3 Å². The van der Waals surface area contributed by atoms with Crippen LogP contribution in [-0.4, -0.2) is 29.7 Å². The molecule has 1 atom stereocenters. The highest BCUT2D eigenvalue weighted by molar-refractivity contribution is 5.92. The molecule has 0 fully saturated rings. The fourth-order valence-electron chi connectivity index (χ4n) is 4.58. The lowest BCUT2D eigenvalue weighted by molar-refractivity contribution is 0.194. The van der Waals surface area contributed by atoms with Crippen LogP contribution in [0, 0.1) is 6.92 Å². The summed E-state index contributed by atoms with van der Waals surface area (Å²) in [6.45, 7) is 2.44. The van der Waals surface area contributed by atoms with Crippen molar-refractivity contribution >= 4 is 11.7 Å². The molecule has 2 heterocycles. The molecule has 6 heteroatoms. The van der Waals surface area contributed by atoms with Gasteiger partial charge in [0.15, 0.2) is 0 Å². The molecule has 2 amide bonds. The fraction of sp³-hybridized carbons (Fsp3) is 0.179. The van der Waals surface area contributed by atoms with Gasteiger partial charge in [0.05, 0.1) is 38.2 Å². The number of carbonyl (C=O) groups is 1. The summed E-state index contributed by atoms with van der Waals surface area (Å²) in [6.07, 6.45) is 2.05. The van der Waals surface area contributed by atoms with Gasteiger partial charge in [-0.05, 0) is 66.1 Å². The van der Waals surface area contributed by atoms with Crippen LogP contribution in [0.5, 0.6) is 11.5 Å². The Kier molecular flexibility index (Phi) is 5.72. The standard InChI is InChI=1S/C28H27N3O3/c1-19-10-15-26(34-3)23(17-19)29-28(32)31-18-21-7-4-5-8-24(21)30-16-6-9-25(30)27(31)20-11-13-22(33-2)14-12-20/h4-17,27H,18H2,1-3H3,(H,29,32)/t27-/m1/s1. The van der Waals surface area contributed by atoms with Crippen molar-refractivity contribution in [2.24, 2.45) is 0 Å². The predicted octanol–water partition coefficient (Wildman–Crippen LogP) is 5.94. The van der Waals surface area contributed by atoms with Gasteiger partial charge in [0.2, 0.25) is 0 Å². The fourth-order valence-corrected chi connectivity index (χ4v) is 4.58. The predicted molar refractivity (Wildman–Crippen MR) is 133 cm³/mol. The number of amides is 2. The van der Waals surface area contributed by atoms with E-state index in [1.165, 1.54) is 0 Å². The van der Waals surface area contributed by atoms with Crippen LogP contribution in [0.4, 0.5) is 10.5 Å². The van der Waals surface area contributed by atoms with E-state index in [4.69, 9.17) is 9.47 Å². The quantitative estimate of drug-likeness (QED) is 0.416. The summed E-state index contributed by atoms with van der Waals surface area (Å²) in [7, 11) is 3.26. The normalized spacial score (nSPS) is 14.6. The van der Waals surface area contributed by atoms with E-state index in [1.807, 2.05) is 72.5 Å². The van der Waals surface area contributed by atoms with Crippen molar-refractivity contribution in [1.82, 2.24) is 9.47 Å². The van der Waals surface area contributed by atoms with E-state index in [2.05, 4.69) is 34.3 Å². The molecule has 0 bridgehead atoms. The van der Waals surface area contributed by atoms with Crippen molar-refractivity contribution in [1.29, 1.82) is 0 Å². The van der Waals surface area contributed by atoms with Gasteiger partial charge in [-0.25, -0.2) is 4.79 Å². The molecule has 172 valence electrons. The minimum atomic E-state index is -0.302. The lowest BCUT2D eigenvalue weighted by atomic mass is 10.0. The monoisotopic (exact) mass is 453 g/mol. The lowest BCUT2D eigenvalue weighted by Gasteiger charge is -2.31. The van der Waals surface area contributed by atoms with Crippen LogP contribution >= 0.6 is 0 Å². The second kappa shape index (κ2) is 8.98. The number of aryl methyl sites for hydroxylation is 1. The van der Waals surface area contributed by atoms with Crippen LogP contribution in [-0.2, 0) is 6.54 Å². The van der Waals surface area contributed by atoms with Crippen molar-refractivity contribution in [2.45, 2.75) is 19.5 Å². The number of nitrogens with zero attached hydrogens (tertiary/aromatic N) is 2. The van der Waals surface area contributed by atoms with Crippen molar-refractivity contribution in [3.63, 3.8) is 0 Å². The van der Waals surface area contributed by atoms with Gasteiger partial charge in [0.25, 0.3) is 0 Å². The van der Waals surface area contributed by atoms with E-state index < -0.39 is 0 Å². The molecular weight excluding hydrogens is 426 g/mol. The topological polar surface area (TPSA) is 55.7 Å². The number of carbonyl (C=O) groups excluding carboxylic acids is 1. The molecule has 1 aliphatic rings. The second-order valence-corrected chi connectivity index (χ2v) is 8.37. The molecule has 0 spiro atoms. The number of benzene rings is 3. The molecule has 0 saturated carbocycles. The van der Waals surface area contributed by atoms with Crippen molar-refractivity contribution < 1.29 is 14.3 Å². The highest BCUT2D eigenvalue weighted by Gasteiger charge is 2.33. The number of methoxy groups -OCH3 is 2. The Morgan fingerprint density at radius 1 is 0.941 bits per heavy atom. The van der Waals surface area contributed by atoms with Crippen molar-refractivity contribution in [3.05, 3.63) is 107 Å². The number of para-hydroxylation sites is 1. The van der Waals surface area contributed by atoms with Gasteiger partial charge in [-0.1, -0.05) is 36.4 Å². The smallest absolute Gasteiger partial charge is 0.323 e. The number of ether oxygens (including phenoxy) is 2. The molecule has 6 nitrogen and oxygen atoms in total. The maximum Gasteiger partial charge on any atom is 0.323 e. The Morgan fingerprint density at radius 3 is 2.50 bits per heavy atom. The molecule has 1 N–H and O–H groups in total. The lowest BCUT2D eigenvalue weighted by Crippen LogP contribution is -2.38. The molecule has 0 aliphatic carbocycles. The molecule has 34 heavy (non-hydrogen) atoms. The number of hydrogen-bond donors (Lipinski definition) is 1. The number of aromatic nitrogens is 1. The number of fused-ring (bicyclic) bond motifs is 3. The van der Waals surface area contributed by atoms with Gasteiger partial charge in [-0.2, -0.15) is 0 Å². The largest absolute Gasteiger partial charge is 0.497 e. The zero-order valence-electron chi connectivity index (χ0n) is 19.5. The minimum absolute atomic E-state index is 0.200. The zero-order valence-corrected chi connectivity index (χ0v) is 19.5. The zero-order chi connectivity index (χ0) is 23.7. The van der Waals surface area contributed by atoms with Crippen LogP contribution in [0.15, 0.2) is 85.1 Å². The Labute approximate surface area is 199 Å². The average molecular weight is 454 g/mol. The average Bonchev–Trinajstić information content (AvgIpc) is 3.28. The van der Waals surface area contributed by atoms with Gasteiger partial charge in [-0.15, -0.1) is 0 Å². The minimum Gasteiger partial charge on any atom is -0.497 e. The van der Waals surface area contributed by atoms with Crippen LogP contribution < -0.4 is 14.8 Å². The highest BCUT2D eigenvalue weighted by atomic mass is 16.5. The number of rotatable bonds is 4. The van der Waals surface area contributed by atoms with Crippen molar-refractivity contribution in [2.75, 3.05) is 19.5 Å². The third-order valence-corrected chi connectivity index (χ3v) is 6.25. The Balaban J connectivity index is 1.62. The summed E-state index contributed by atoms with van der Waals surface area (Å²) >= 11 is 0.